The monoisotopic (exact) mass is 510 g/mol. The maximum Gasteiger partial charge on any atom is 0.230 e. The number of carbonyl (C=O) groups is 1. The Balaban J connectivity index is 1.35. The molecule has 1 aliphatic heterocycles. The number of aromatic nitrogens is 4. The number of fused-ring (bicyclic) bond motifs is 3. The van der Waals surface area contributed by atoms with E-state index < -0.39 is 0 Å². The van der Waals surface area contributed by atoms with Crippen molar-refractivity contribution < 1.29 is 4.79 Å². The lowest BCUT2D eigenvalue weighted by molar-refractivity contribution is -0.133. The number of amides is 1. The maximum absolute atomic E-state index is 13.4. The zero-order valence-corrected chi connectivity index (χ0v) is 21.3. The largest absolute Gasteiger partial charge is 0.339 e. The molecule has 8 heteroatoms. The van der Waals surface area contributed by atoms with Gasteiger partial charge in [-0.2, -0.15) is 0 Å². The third-order valence-electron chi connectivity index (χ3n) is 7.13. The van der Waals surface area contributed by atoms with E-state index in [9.17, 15) is 4.79 Å². The van der Waals surface area contributed by atoms with Gasteiger partial charge in [-0.25, -0.2) is 9.38 Å². The summed E-state index contributed by atoms with van der Waals surface area (Å²) in [4.78, 5) is 22.7. The zero-order chi connectivity index (χ0) is 25.4. The van der Waals surface area contributed by atoms with Crippen molar-refractivity contribution in [3.63, 3.8) is 0 Å². The molecule has 37 heavy (non-hydrogen) atoms. The first-order chi connectivity index (χ1) is 18.2. The molecule has 1 fully saturated rings. The highest BCUT2D eigenvalue weighted by molar-refractivity contribution is 6.33. The van der Waals surface area contributed by atoms with Crippen LogP contribution < -0.4 is 4.90 Å². The first-order valence-corrected chi connectivity index (χ1v) is 13.0. The normalized spacial score (nSPS) is 14.9. The predicted octanol–water partition coefficient (Wildman–Crippen LogP) is 5.44. The van der Waals surface area contributed by atoms with E-state index in [-0.39, 0.29) is 11.8 Å². The lowest BCUT2D eigenvalue weighted by Gasteiger charge is -2.37. The van der Waals surface area contributed by atoms with Gasteiger partial charge in [0.05, 0.1) is 16.5 Å². The van der Waals surface area contributed by atoms with E-state index in [0.717, 1.165) is 40.0 Å². The number of para-hydroxylation sites is 1. The Morgan fingerprint density at radius 3 is 2.35 bits per heavy atom. The van der Waals surface area contributed by atoms with E-state index in [1.165, 1.54) is 0 Å². The van der Waals surface area contributed by atoms with Gasteiger partial charge in [0.25, 0.3) is 0 Å². The third-order valence-corrected chi connectivity index (χ3v) is 7.46. The van der Waals surface area contributed by atoms with Crippen molar-refractivity contribution in [3.05, 3.63) is 89.4 Å². The summed E-state index contributed by atoms with van der Waals surface area (Å²) in [5.74, 6) is 1.48. The summed E-state index contributed by atoms with van der Waals surface area (Å²) in [7, 11) is 0. The molecule has 0 saturated carbocycles. The van der Waals surface area contributed by atoms with E-state index >= 15 is 0 Å². The van der Waals surface area contributed by atoms with Crippen LogP contribution in [-0.4, -0.2) is 56.6 Å². The Kier molecular flexibility index (Phi) is 6.22. The minimum Gasteiger partial charge on any atom is -0.339 e. The van der Waals surface area contributed by atoms with Crippen LogP contribution in [0.2, 0.25) is 5.02 Å². The molecule has 3 heterocycles. The first kappa shape index (κ1) is 23.4. The Hall–Kier alpha value is -3.97. The van der Waals surface area contributed by atoms with E-state index in [2.05, 4.69) is 22.0 Å². The molecule has 0 N–H and O–H groups in total. The fourth-order valence-electron chi connectivity index (χ4n) is 5.18. The number of piperazine rings is 1. The summed E-state index contributed by atoms with van der Waals surface area (Å²) >= 11 is 6.56. The molecular weight excluding hydrogens is 484 g/mol. The minimum atomic E-state index is -0.122. The van der Waals surface area contributed by atoms with Gasteiger partial charge < -0.3 is 9.80 Å². The summed E-state index contributed by atoms with van der Waals surface area (Å²) in [5.41, 5.74) is 3.47. The fourth-order valence-corrected chi connectivity index (χ4v) is 5.40. The van der Waals surface area contributed by atoms with Crippen molar-refractivity contribution in [2.24, 2.45) is 0 Å². The van der Waals surface area contributed by atoms with Crippen LogP contribution in [0.3, 0.4) is 0 Å². The van der Waals surface area contributed by atoms with Crippen LogP contribution in [0.5, 0.6) is 0 Å². The second-order valence-corrected chi connectivity index (χ2v) is 9.68. The van der Waals surface area contributed by atoms with Crippen LogP contribution in [0.1, 0.15) is 24.8 Å². The molecule has 6 rings (SSSR count). The second-order valence-electron chi connectivity index (χ2n) is 9.28. The quantitative estimate of drug-likeness (QED) is 0.315. The van der Waals surface area contributed by atoms with E-state index in [1.807, 2.05) is 88.2 Å². The van der Waals surface area contributed by atoms with Gasteiger partial charge >= 0.3 is 0 Å². The number of hydrogen-bond acceptors (Lipinski definition) is 5. The number of nitrogens with zero attached hydrogens (tertiary/aromatic N) is 6. The molecule has 1 atom stereocenters. The number of halogens is 1. The molecule has 7 nitrogen and oxygen atoms in total. The SMILES string of the molecule is CCC(C(=O)N1CCN(c2nc3ccccc3c3nnc(-c4ccccc4Cl)n23)CC1)c1ccccc1. The molecule has 186 valence electrons. The van der Waals surface area contributed by atoms with Gasteiger partial charge in [-0.1, -0.05) is 73.1 Å². The summed E-state index contributed by atoms with van der Waals surface area (Å²) in [6.07, 6.45) is 0.776. The number of benzene rings is 3. The smallest absolute Gasteiger partial charge is 0.230 e. The molecule has 5 aromatic rings. The number of anilines is 1. The van der Waals surface area contributed by atoms with Crippen molar-refractivity contribution in [3.8, 4) is 11.4 Å². The van der Waals surface area contributed by atoms with Crippen LogP contribution in [-0.2, 0) is 4.79 Å². The van der Waals surface area contributed by atoms with Gasteiger partial charge in [-0.05, 0) is 36.2 Å². The maximum atomic E-state index is 13.4. The summed E-state index contributed by atoms with van der Waals surface area (Å²) in [6, 6.07) is 25.7. The van der Waals surface area contributed by atoms with E-state index in [1.54, 1.807) is 0 Å². The first-order valence-electron chi connectivity index (χ1n) is 12.6. The molecule has 0 radical (unpaired) electrons. The standard InChI is InChI=1S/C29H27ClN6O/c1-2-21(20-10-4-3-5-11-20)28(37)34-16-18-35(19-17-34)29-31-25-15-9-7-13-23(25)27-33-32-26(36(27)29)22-12-6-8-14-24(22)30/h3-15,21H,2,16-19H2,1H3. The van der Waals surface area contributed by atoms with Crippen molar-refractivity contribution in [1.82, 2.24) is 24.5 Å². The molecular formula is C29H27ClN6O. The number of hydrogen-bond donors (Lipinski definition) is 0. The Morgan fingerprint density at radius 1 is 0.892 bits per heavy atom. The van der Waals surface area contributed by atoms with Gasteiger partial charge in [-0.15, -0.1) is 10.2 Å². The highest BCUT2D eigenvalue weighted by Crippen LogP contribution is 2.32. The molecule has 1 saturated heterocycles. The predicted molar refractivity (Wildman–Crippen MR) is 147 cm³/mol. The third kappa shape index (κ3) is 4.19. The van der Waals surface area contributed by atoms with Gasteiger partial charge in [0.1, 0.15) is 0 Å². The molecule has 1 amide bonds. The molecule has 0 aliphatic carbocycles. The number of carbonyl (C=O) groups excluding carboxylic acids is 1. The Morgan fingerprint density at radius 2 is 1.59 bits per heavy atom. The van der Waals surface area contributed by atoms with Crippen LogP contribution in [0, 0.1) is 0 Å². The summed E-state index contributed by atoms with van der Waals surface area (Å²) < 4.78 is 2.00. The Bertz CT molecular complexity index is 1580. The highest BCUT2D eigenvalue weighted by Gasteiger charge is 2.29. The van der Waals surface area contributed by atoms with E-state index in [4.69, 9.17) is 16.6 Å². The Labute approximate surface area is 220 Å². The molecule has 1 aliphatic rings. The lowest BCUT2D eigenvalue weighted by Crippen LogP contribution is -2.50. The highest BCUT2D eigenvalue weighted by atomic mass is 35.5. The van der Waals surface area contributed by atoms with Gasteiger partial charge in [-0.3, -0.25) is 4.79 Å². The van der Waals surface area contributed by atoms with E-state index in [0.29, 0.717) is 37.0 Å². The van der Waals surface area contributed by atoms with Gasteiger partial charge in [0, 0.05) is 37.1 Å². The fraction of sp³-hybridized carbons (Fsp3) is 0.241. The van der Waals surface area contributed by atoms with Crippen LogP contribution >= 0.6 is 11.6 Å². The molecule has 3 aromatic carbocycles. The van der Waals surface area contributed by atoms with Crippen LogP contribution in [0.4, 0.5) is 5.95 Å². The number of rotatable bonds is 5. The zero-order valence-electron chi connectivity index (χ0n) is 20.6. The van der Waals surface area contributed by atoms with Crippen LogP contribution in [0.15, 0.2) is 78.9 Å². The molecule has 0 spiro atoms. The average molecular weight is 511 g/mol. The van der Waals surface area contributed by atoms with Crippen molar-refractivity contribution in [1.29, 1.82) is 0 Å². The van der Waals surface area contributed by atoms with Crippen molar-refractivity contribution in [2.45, 2.75) is 19.3 Å². The van der Waals surface area contributed by atoms with Crippen molar-refractivity contribution >= 4 is 40.0 Å². The van der Waals surface area contributed by atoms with Gasteiger partial charge in [0.2, 0.25) is 11.9 Å². The topological polar surface area (TPSA) is 66.6 Å². The van der Waals surface area contributed by atoms with Gasteiger partial charge in [0.15, 0.2) is 11.5 Å². The molecule has 0 bridgehead atoms. The lowest BCUT2D eigenvalue weighted by atomic mass is 9.95. The molecule has 2 aromatic heterocycles. The minimum absolute atomic E-state index is 0.122. The average Bonchev–Trinajstić information content (AvgIpc) is 3.39. The summed E-state index contributed by atoms with van der Waals surface area (Å²) in [6.45, 7) is 4.66. The summed E-state index contributed by atoms with van der Waals surface area (Å²) in [5, 5.41) is 10.6. The van der Waals surface area contributed by atoms with Crippen molar-refractivity contribution in [2.75, 3.05) is 31.1 Å². The second kappa shape index (κ2) is 9.82. The molecule has 1 unspecified atom stereocenters. The van der Waals surface area contributed by atoms with Crippen LogP contribution in [0.25, 0.3) is 27.9 Å².